The first-order valence-electron chi connectivity index (χ1n) is 8.05. The highest BCUT2D eigenvalue weighted by molar-refractivity contribution is 7.80. The molecule has 0 spiro atoms. The van der Waals surface area contributed by atoms with Gasteiger partial charge in [0.15, 0.2) is 5.11 Å². The maximum atomic E-state index is 12.0. The van der Waals surface area contributed by atoms with E-state index in [4.69, 9.17) is 12.2 Å². The van der Waals surface area contributed by atoms with Crippen molar-refractivity contribution >= 4 is 51.5 Å². The quantitative estimate of drug-likeness (QED) is 0.307. The molecule has 0 saturated carbocycles. The molecule has 0 bridgehead atoms. The Morgan fingerprint density at radius 1 is 1.04 bits per heavy atom. The minimum absolute atomic E-state index is 0.0364. The van der Waals surface area contributed by atoms with Crippen LogP contribution in [0.15, 0.2) is 72.8 Å². The van der Waals surface area contributed by atoms with Crippen molar-refractivity contribution in [1.82, 2.24) is 5.32 Å². The Bertz CT molecular complexity index is 1060. The second kappa shape index (κ2) is 8.20. The maximum absolute atomic E-state index is 12.0. The Hall–Kier alpha value is -3.58. The van der Waals surface area contributed by atoms with Crippen molar-refractivity contribution < 1.29 is 9.72 Å². The van der Waals surface area contributed by atoms with Crippen LogP contribution in [0.1, 0.15) is 5.56 Å². The number of nitro groups is 1. The van der Waals surface area contributed by atoms with E-state index in [1.807, 2.05) is 42.5 Å². The van der Waals surface area contributed by atoms with E-state index >= 15 is 0 Å². The van der Waals surface area contributed by atoms with Crippen LogP contribution in [-0.2, 0) is 4.79 Å². The van der Waals surface area contributed by atoms with Gasteiger partial charge in [0, 0.05) is 29.3 Å². The fourth-order valence-corrected chi connectivity index (χ4v) is 2.77. The highest BCUT2D eigenvalue weighted by Gasteiger charge is 2.06. The first-order chi connectivity index (χ1) is 13.0. The normalized spacial score (nSPS) is 10.7. The van der Waals surface area contributed by atoms with Gasteiger partial charge in [0.1, 0.15) is 0 Å². The minimum atomic E-state index is -0.485. The standard InChI is InChI=1S/C20H15N3O3S/c24-19(12-11-14-5-3-8-16(13-14)23(25)26)22-20(27)21-18-10-4-7-15-6-1-2-9-17(15)18/h1-13H,(H2,21,22,24,27). The molecule has 0 aliphatic rings. The number of carbonyl (C=O) groups excluding carboxylic acids is 1. The van der Waals surface area contributed by atoms with Crippen LogP contribution >= 0.6 is 12.2 Å². The van der Waals surface area contributed by atoms with Gasteiger partial charge >= 0.3 is 0 Å². The summed E-state index contributed by atoms with van der Waals surface area (Å²) in [5.74, 6) is -0.431. The summed E-state index contributed by atoms with van der Waals surface area (Å²) in [5.41, 5.74) is 1.30. The summed E-state index contributed by atoms with van der Waals surface area (Å²) >= 11 is 5.19. The number of anilines is 1. The number of amides is 1. The van der Waals surface area contributed by atoms with Crippen molar-refractivity contribution in [2.24, 2.45) is 0 Å². The van der Waals surface area contributed by atoms with Gasteiger partial charge in [0.25, 0.3) is 5.69 Å². The molecule has 0 unspecified atom stereocenters. The van der Waals surface area contributed by atoms with Gasteiger partial charge in [-0.05, 0) is 35.3 Å². The van der Waals surface area contributed by atoms with E-state index in [1.165, 1.54) is 24.3 Å². The molecule has 0 saturated heterocycles. The number of nitro benzene ring substituents is 1. The molecule has 0 heterocycles. The monoisotopic (exact) mass is 377 g/mol. The van der Waals surface area contributed by atoms with Gasteiger partial charge in [-0.25, -0.2) is 0 Å². The van der Waals surface area contributed by atoms with Crippen LogP contribution < -0.4 is 10.6 Å². The molecule has 0 aromatic heterocycles. The summed E-state index contributed by atoms with van der Waals surface area (Å²) in [5, 5.41) is 18.6. The summed E-state index contributed by atoms with van der Waals surface area (Å²) < 4.78 is 0. The lowest BCUT2D eigenvalue weighted by molar-refractivity contribution is -0.384. The van der Waals surface area contributed by atoms with E-state index in [0.29, 0.717) is 5.56 Å². The van der Waals surface area contributed by atoms with Gasteiger partial charge in [0.2, 0.25) is 5.91 Å². The van der Waals surface area contributed by atoms with Crippen LogP contribution in [0.5, 0.6) is 0 Å². The second-order valence-corrected chi connectivity index (χ2v) is 6.06. The summed E-state index contributed by atoms with van der Waals surface area (Å²) in [4.78, 5) is 22.3. The lowest BCUT2D eigenvalue weighted by Crippen LogP contribution is -2.32. The molecule has 0 fully saturated rings. The Kier molecular flexibility index (Phi) is 5.53. The number of fused-ring (bicyclic) bond motifs is 1. The number of nitrogens with one attached hydrogen (secondary N) is 2. The number of nitrogens with zero attached hydrogens (tertiary/aromatic N) is 1. The van der Waals surface area contributed by atoms with Crippen LogP contribution in [0.4, 0.5) is 11.4 Å². The largest absolute Gasteiger partial charge is 0.332 e. The molecule has 27 heavy (non-hydrogen) atoms. The molecular weight excluding hydrogens is 362 g/mol. The maximum Gasteiger partial charge on any atom is 0.270 e. The van der Waals surface area contributed by atoms with Crippen LogP contribution in [0.3, 0.4) is 0 Å². The Labute approximate surface area is 160 Å². The van der Waals surface area contributed by atoms with Gasteiger partial charge in [-0.3, -0.25) is 20.2 Å². The van der Waals surface area contributed by atoms with Crippen LogP contribution in [0, 0.1) is 10.1 Å². The van der Waals surface area contributed by atoms with Crippen molar-refractivity contribution in [1.29, 1.82) is 0 Å². The molecule has 0 aliphatic carbocycles. The SMILES string of the molecule is O=C(C=Cc1cccc([N+](=O)[O-])c1)NC(=S)Nc1cccc2ccccc12. The fraction of sp³-hybridized carbons (Fsp3) is 0. The average Bonchev–Trinajstić information content (AvgIpc) is 2.67. The first kappa shape index (κ1) is 18.2. The highest BCUT2D eigenvalue weighted by Crippen LogP contribution is 2.22. The molecule has 6 nitrogen and oxygen atoms in total. The number of thiocarbonyl (C=S) groups is 1. The summed E-state index contributed by atoms with van der Waals surface area (Å²) in [7, 11) is 0. The predicted molar refractivity (Wildman–Crippen MR) is 110 cm³/mol. The predicted octanol–water partition coefficient (Wildman–Crippen LogP) is 4.27. The molecule has 1 amide bonds. The van der Waals surface area contributed by atoms with E-state index in [9.17, 15) is 14.9 Å². The molecule has 0 atom stereocenters. The fourth-order valence-electron chi connectivity index (χ4n) is 2.56. The van der Waals surface area contributed by atoms with Crippen molar-refractivity contribution in [3.63, 3.8) is 0 Å². The molecule has 3 aromatic carbocycles. The third-order valence-corrected chi connectivity index (χ3v) is 3.99. The molecule has 3 aromatic rings. The summed E-state index contributed by atoms with van der Waals surface area (Å²) in [6.45, 7) is 0. The summed E-state index contributed by atoms with van der Waals surface area (Å²) in [6, 6.07) is 19.6. The van der Waals surface area contributed by atoms with Crippen LogP contribution in [0.25, 0.3) is 16.8 Å². The Morgan fingerprint density at radius 3 is 2.59 bits per heavy atom. The third kappa shape index (κ3) is 4.74. The van der Waals surface area contributed by atoms with E-state index in [1.54, 1.807) is 12.1 Å². The van der Waals surface area contributed by atoms with Crippen LogP contribution in [0.2, 0.25) is 0 Å². The molecule has 7 heteroatoms. The zero-order valence-corrected chi connectivity index (χ0v) is 14.9. The van der Waals surface area contributed by atoms with Gasteiger partial charge in [-0.15, -0.1) is 0 Å². The summed E-state index contributed by atoms with van der Waals surface area (Å²) in [6.07, 6.45) is 2.76. The molecule has 2 N–H and O–H groups in total. The Balaban J connectivity index is 1.64. The van der Waals surface area contributed by atoms with Crippen molar-refractivity contribution in [3.05, 3.63) is 88.5 Å². The second-order valence-electron chi connectivity index (χ2n) is 5.66. The lowest BCUT2D eigenvalue weighted by Gasteiger charge is -2.10. The number of benzene rings is 3. The lowest BCUT2D eigenvalue weighted by atomic mass is 10.1. The Morgan fingerprint density at radius 2 is 1.78 bits per heavy atom. The van der Waals surface area contributed by atoms with Crippen molar-refractivity contribution in [2.45, 2.75) is 0 Å². The van der Waals surface area contributed by atoms with E-state index < -0.39 is 10.8 Å². The van der Waals surface area contributed by atoms with E-state index in [2.05, 4.69) is 10.6 Å². The zero-order chi connectivity index (χ0) is 19.2. The molecule has 0 radical (unpaired) electrons. The molecule has 3 rings (SSSR count). The van der Waals surface area contributed by atoms with Gasteiger partial charge < -0.3 is 5.32 Å². The number of hydrogen-bond acceptors (Lipinski definition) is 4. The van der Waals surface area contributed by atoms with E-state index in [-0.39, 0.29) is 10.8 Å². The molecule has 0 aliphatic heterocycles. The van der Waals surface area contributed by atoms with Crippen molar-refractivity contribution in [3.8, 4) is 0 Å². The number of rotatable bonds is 4. The smallest absolute Gasteiger partial charge is 0.270 e. The number of carbonyl (C=O) groups is 1. The van der Waals surface area contributed by atoms with Gasteiger partial charge in [-0.2, -0.15) is 0 Å². The van der Waals surface area contributed by atoms with Gasteiger partial charge in [0.05, 0.1) is 4.92 Å². The number of hydrogen-bond donors (Lipinski definition) is 2. The van der Waals surface area contributed by atoms with E-state index in [0.717, 1.165) is 16.5 Å². The average molecular weight is 377 g/mol. The third-order valence-electron chi connectivity index (χ3n) is 3.78. The van der Waals surface area contributed by atoms with Crippen molar-refractivity contribution in [2.75, 3.05) is 5.32 Å². The minimum Gasteiger partial charge on any atom is -0.332 e. The zero-order valence-electron chi connectivity index (χ0n) is 14.1. The first-order valence-corrected chi connectivity index (χ1v) is 8.46. The number of non-ortho nitro benzene ring substituents is 1. The molecular formula is C20H15N3O3S. The molecule has 134 valence electrons. The topological polar surface area (TPSA) is 84.3 Å². The van der Waals surface area contributed by atoms with Crippen LogP contribution in [-0.4, -0.2) is 15.9 Å². The highest BCUT2D eigenvalue weighted by atomic mass is 32.1. The van der Waals surface area contributed by atoms with Gasteiger partial charge in [-0.1, -0.05) is 48.5 Å².